The van der Waals surface area contributed by atoms with Gasteiger partial charge in [-0.3, -0.25) is 4.79 Å². The van der Waals surface area contributed by atoms with Crippen molar-refractivity contribution in [3.8, 4) is 28.6 Å². The van der Waals surface area contributed by atoms with Crippen molar-refractivity contribution >= 4 is 11.6 Å². The first-order valence-electron chi connectivity index (χ1n) is 8.88. The van der Waals surface area contributed by atoms with E-state index in [2.05, 4.69) is 15.5 Å². The van der Waals surface area contributed by atoms with Crippen molar-refractivity contribution in [3.05, 3.63) is 48.4 Å². The van der Waals surface area contributed by atoms with Crippen LogP contribution in [0.25, 0.3) is 11.4 Å². The summed E-state index contributed by atoms with van der Waals surface area (Å²) in [6.45, 7) is 1.02. The number of anilines is 1. The van der Waals surface area contributed by atoms with E-state index < -0.39 is 0 Å². The molecule has 1 aliphatic rings. The monoisotopic (exact) mass is 381 g/mol. The number of carbonyl (C=O) groups excluding carboxylic acids is 1. The molecule has 1 aliphatic heterocycles. The van der Waals surface area contributed by atoms with Gasteiger partial charge in [0.1, 0.15) is 19.0 Å². The van der Waals surface area contributed by atoms with Crippen LogP contribution in [-0.4, -0.2) is 36.4 Å². The maximum atomic E-state index is 12.2. The van der Waals surface area contributed by atoms with Crippen LogP contribution in [0.5, 0.6) is 17.2 Å². The molecule has 0 unspecified atom stereocenters. The third-order valence-corrected chi connectivity index (χ3v) is 4.21. The fraction of sp³-hybridized carbons (Fsp3) is 0.250. The number of hydrogen-bond donors (Lipinski definition) is 1. The van der Waals surface area contributed by atoms with E-state index in [1.807, 2.05) is 24.3 Å². The number of ether oxygens (including phenoxy) is 3. The maximum absolute atomic E-state index is 12.2. The topological polar surface area (TPSA) is 95.7 Å². The Kier molecular flexibility index (Phi) is 5.09. The van der Waals surface area contributed by atoms with Crippen molar-refractivity contribution in [2.75, 3.05) is 25.6 Å². The lowest BCUT2D eigenvalue weighted by atomic mass is 10.2. The molecule has 1 N–H and O–H groups in total. The van der Waals surface area contributed by atoms with Gasteiger partial charge < -0.3 is 24.1 Å². The molecule has 0 fully saturated rings. The number of aryl methyl sites for hydroxylation is 1. The quantitative estimate of drug-likeness (QED) is 0.701. The Morgan fingerprint density at radius 1 is 1.14 bits per heavy atom. The number of nitrogens with one attached hydrogen (secondary N) is 1. The molecule has 0 atom stereocenters. The van der Waals surface area contributed by atoms with E-state index in [1.165, 1.54) is 0 Å². The van der Waals surface area contributed by atoms with Crippen molar-refractivity contribution < 1.29 is 23.5 Å². The highest BCUT2D eigenvalue weighted by molar-refractivity contribution is 5.91. The van der Waals surface area contributed by atoms with E-state index in [9.17, 15) is 4.79 Å². The number of rotatable bonds is 6. The molecule has 144 valence electrons. The molecule has 1 aromatic heterocycles. The van der Waals surface area contributed by atoms with E-state index in [0.717, 1.165) is 5.56 Å². The van der Waals surface area contributed by atoms with Gasteiger partial charge >= 0.3 is 0 Å². The fourth-order valence-electron chi connectivity index (χ4n) is 2.86. The summed E-state index contributed by atoms with van der Waals surface area (Å²) in [5, 5.41) is 6.81. The minimum absolute atomic E-state index is 0.159. The summed E-state index contributed by atoms with van der Waals surface area (Å²) in [5.74, 6) is 2.62. The molecule has 8 heteroatoms. The van der Waals surface area contributed by atoms with Crippen molar-refractivity contribution in [1.29, 1.82) is 0 Å². The molecule has 0 radical (unpaired) electrons. The Bertz CT molecular complexity index is 985. The summed E-state index contributed by atoms with van der Waals surface area (Å²) in [5.41, 5.74) is 1.38. The predicted molar refractivity (Wildman–Crippen MR) is 101 cm³/mol. The summed E-state index contributed by atoms with van der Waals surface area (Å²) >= 11 is 0. The third kappa shape index (κ3) is 3.90. The molecular weight excluding hydrogens is 362 g/mol. The van der Waals surface area contributed by atoms with Crippen LogP contribution in [0, 0.1) is 0 Å². The Labute approximate surface area is 161 Å². The van der Waals surface area contributed by atoms with Crippen LogP contribution >= 0.6 is 0 Å². The molecule has 3 aromatic rings. The molecule has 4 rings (SSSR count). The molecule has 28 heavy (non-hydrogen) atoms. The lowest BCUT2D eigenvalue weighted by Gasteiger charge is -2.18. The molecule has 1 amide bonds. The third-order valence-electron chi connectivity index (χ3n) is 4.21. The zero-order valence-corrected chi connectivity index (χ0v) is 15.3. The van der Waals surface area contributed by atoms with Gasteiger partial charge in [0.2, 0.25) is 17.6 Å². The highest BCUT2D eigenvalue weighted by Crippen LogP contribution is 2.32. The van der Waals surface area contributed by atoms with Gasteiger partial charge in [-0.1, -0.05) is 17.3 Å². The average molecular weight is 381 g/mol. The van der Waals surface area contributed by atoms with Crippen LogP contribution in [-0.2, 0) is 11.2 Å². The second kappa shape index (κ2) is 7.99. The highest BCUT2D eigenvalue weighted by atomic mass is 16.6. The number of carbonyl (C=O) groups is 1. The number of fused-ring (bicyclic) bond motifs is 1. The van der Waals surface area contributed by atoms with Gasteiger partial charge in [0, 0.05) is 24.6 Å². The number of para-hydroxylation sites is 1. The molecule has 0 aliphatic carbocycles. The standard InChI is InChI=1S/C20H19N3O5/c1-25-15-5-3-2-4-14(15)20-22-19(28-23-20)9-8-18(24)21-13-6-7-16-17(12-13)27-11-10-26-16/h2-7,12H,8-11H2,1H3,(H,21,24). The van der Waals surface area contributed by atoms with Crippen molar-refractivity contribution in [2.45, 2.75) is 12.8 Å². The number of hydrogen-bond acceptors (Lipinski definition) is 7. The van der Waals surface area contributed by atoms with E-state index in [4.69, 9.17) is 18.7 Å². The molecule has 2 heterocycles. The summed E-state index contributed by atoms with van der Waals surface area (Å²) < 4.78 is 21.6. The summed E-state index contributed by atoms with van der Waals surface area (Å²) in [4.78, 5) is 16.6. The Morgan fingerprint density at radius 3 is 2.82 bits per heavy atom. The van der Waals surface area contributed by atoms with Crippen LogP contribution in [0.2, 0.25) is 0 Å². The highest BCUT2D eigenvalue weighted by Gasteiger charge is 2.15. The van der Waals surface area contributed by atoms with Crippen LogP contribution < -0.4 is 19.5 Å². The van der Waals surface area contributed by atoms with Crippen LogP contribution in [0.4, 0.5) is 5.69 Å². The largest absolute Gasteiger partial charge is 0.496 e. The minimum atomic E-state index is -0.159. The molecular formula is C20H19N3O5. The minimum Gasteiger partial charge on any atom is -0.496 e. The smallest absolute Gasteiger partial charge is 0.227 e. The molecule has 2 aromatic carbocycles. The first kappa shape index (κ1) is 17.8. The molecule has 0 saturated heterocycles. The lowest BCUT2D eigenvalue weighted by Crippen LogP contribution is -2.16. The average Bonchev–Trinajstić information content (AvgIpc) is 3.21. The normalized spacial score (nSPS) is 12.5. The van der Waals surface area contributed by atoms with Crippen LogP contribution in [0.15, 0.2) is 47.0 Å². The number of methoxy groups -OCH3 is 1. The predicted octanol–water partition coefficient (Wildman–Crippen LogP) is 3.09. The number of nitrogens with zero attached hydrogens (tertiary/aromatic N) is 2. The lowest BCUT2D eigenvalue weighted by molar-refractivity contribution is -0.116. The van der Waals surface area contributed by atoms with E-state index >= 15 is 0 Å². The Balaban J connectivity index is 1.36. The van der Waals surface area contributed by atoms with Gasteiger partial charge in [-0.25, -0.2) is 0 Å². The summed E-state index contributed by atoms with van der Waals surface area (Å²) in [7, 11) is 1.59. The Hall–Kier alpha value is -3.55. The number of benzene rings is 2. The van der Waals surface area contributed by atoms with Gasteiger partial charge in [-0.2, -0.15) is 4.98 Å². The first-order valence-corrected chi connectivity index (χ1v) is 8.88. The van der Waals surface area contributed by atoms with E-state index in [1.54, 1.807) is 25.3 Å². The van der Waals surface area contributed by atoms with Crippen LogP contribution in [0.1, 0.15) is 12.3 Å². The molecule has 0 saturated carbocycles. The van der Waals surface area contributed by atoms with Crippen molar-refractivity contribution in [2.24, 2.45) is 0 Å². The SMILES string of the molecule is COc1ccccc1-c1noc(CCC(=O)Nc2ccc3c(c2)OCCO3)n1. The molecule has 0 spiro atoms. The van der Waals surface area contributed by atoms with Gasteiger partial charge in [-0.05, 0) is 24.3 Å². The van der Waals surface area contributed by atoms with Gasteiger partial charge in [0.25, 0.3) is 0 Å². The van der Waals surface area contributed by atoms with Gasteiger partial charge in [-0.15, -0.1) is 0 Å². The summed E-state index contributed by atoms with van der Waals surface area (Å²) in [6.07, 6.45) is 0.542. The number of amides is 1. The van der Waals surface area contributed by atoms with Gasteiger partial charge in [0.05, 0.1) is 12.7 Å². The van der Waals surface area contributed by atoms with E-state index in [0.29, 0.717) is 54.3 Å². The fourth-order valence-corrected chi connectivity index (χ4v) is 2.86. The first-order chi connectivity index (χ1) is 13.7. The Morgan fingerprint density at radius 2 is 1.96 bits per heavy atom. The van der Waals surface area contributed by atoms with Crippen molar-refractivity contribution in [1.82, 2.24) is 10.1 Å². The molecule has 0 bridgehead atoms. The number of aromatic nitrogens is 2. The maximum Gasteiger partial charge on any atom is 0.227 e. The summed E-state index contributed by atoms with van der Waals surface area (Å²) in [6, 6.07) is 12.7. The zero-order valence-electron chi connectivity index (χ0n) is 15.3. The second-order valence-corrected chi connectivity index (χ2v) is 6.12. The zero-order chi connectivity index (χ0) is 19.3. The van der Waals surface area contributed by atoms with Crippen molar-refractivity contribution in [3.63, 3.8) is 0 Å². The van der Waals surface area contributed by atoms with Gasteiger partial charge in [0.15, 0.2) is 11.5 Å². The van der Waals surface area contributed by atoms with Crippen LogP contribution in [0.3, 0.4) is 0 Å². The second-order valence-electron chi connectivity index (χ2n) is 6.12. The molecule has 8 nitrogen and oxygen atoms in total. The van der Waals surface area contributed by atoms with E-state index in [-0.39, 0.29) is 12.3 Å².